The Morgan fingerprint density at radius 3 is 2.65 bits per heavy atom. The summed E-state index contributed by atoms with van der Waals surface area (Å²) in [4.78, 5) is 29.7. The fourth-order valence-corrected chi connectivity index (χ4v) is 3.75. The van der Waals surface area contributed by atoms with Crippen LogP contribution in [0.4, 0.5) is 0 Å². The van der Waals surface area contributed by atoms with E-state index in [1.54, 1.807) is 11.1 Å². The van der Waals surface area contributed by atoms with Crippen LogP contribution in [-0.2, 0) is 6.42 Å². The Hall–Kier alpha value is -2.14. The molecule has 2 aliphatic rings. The molecule has 1 aromatic heterocycles. The molecule has 0 bridgehead atoms. The lowest BCUT2D eigenvalue weighted by Gasteiger charge is -2.32. The number of carbonyl (C=O) groups is 1. The highest BCUT2D eigenvalue weighted by Gasteiger charge is 2.27. The normalized spacial score (nSPS) is 21.1. The van der Waals surface area contributed by atoms with E-state index in [1.165, 1.54) is 5.56 Å². The largest absolute Gasteiger partial charge is 0.343 e. The van der Waals surface area contributed by atoms with Gasteiger partial charge in [0.15, 0.2) is 0 Å². The molecule has 1 saturated heterocycles. The molecule has 2 aliphatic heterocycles. The van der Waals surface area contributed by atoms with Crippen LogP contribution in [0, 0.1) is 0 Å². The van der Waals surface area contributed by atoms with Crippen molar-refractivity contribution in [1.29, 1.82) is 0 Å². The monoisotopic (exact) mass is 311 g/mol. The van der Waals surface area contributed by atoms with Crippen molar-refractivity contribution in [3.05, 3.63) is 45.7 Å². The quantitative estimate of drug-likeness (QED) is 0.802. The van der Waals surface area contributed by atoms with Crippen molar-refractivity contribution in [2.75, 3.05) is 33.2 Å². The Labute approximate surface area is 135 Å². The van der Waals surface area contributed by atoms with E-state index in [-0.39, 0.29) is 17.4 Å². The number of hydrogen-bond acceptors (Lipinski definition) is 3. The molecule has 3 heterocycles. The first kappa shape index (κ1) is 14.5. The molecule has 2 aromatic rings. The minimum absolute atomic E-state index is 0.127. The maximum absolute atomic E-state index is 12.9. The number of amides is 1. The third-order valence-electron chi connectivity index (χ3n) is 5.15. The van der Waals surface area contributed by atoms with Gasteiger partial charge in [0.2, 0.25) is 5.43 Å². The van der Waals surface area contributed by atoms with Gasteiger partial charge in [-0.15, -0.1) is 0 Å². The van der Waals surface area contributed by atoms with Crippen LogP contribution >= 0.6 is 0 Å². The van der Waals surface area contributed by atoms with E-state index >= 15 is 0 Å². The average molecular weight is 311 g/mol. The van der Waals surface area contributed by atoms with Crippen molar-refractivity contribution in [3.63, 3.8) is 0 Å². The van der Waals surface area contributed by atoms with Crippen molar-refractivity contribution < 1.29 is 4.79 Å². The molecule has 1 aromatic carbocycles. The first-order valence-electron chi connectivity index (χ1n) is 8.21. The number of likely N-dealkylation sites (N-methyl/N-ethyl adjacent to an activating group) is 1. The molecule has 120 valence electrons. The number of para-hydroxylation sites is 1. The van der Waals surface area contributed by atoms with Crippen LogP contribution in [-0.4, -0.2) is 53.5 Å². The number of aromatic nitrogens is 1. The molecule has 0 aliphatic carbocycles. The summed E-state index contributed by atoms with van der Waals surface area (Å²) in [5.41, 5.74) is 2.38. The smallest absolute Gasteiger partial charge is 0.259 e. The highest BCUT2D eigenvalue weighted by molar-refractivity contribution is 5.98. The zero-order chi connectivity index (χ0) is 16.1. The molecule has 1 fully saturated rings. The predicted molar refractivity (Wildman–Crippen MR) is 90.0 cm³/mol. The lowest BCUT2D eigenvalue weighted by atomic mass is 10.1. The molecule has 5 heteroatoms. The van der Waals surface area contributed by atoms with E-state index in [0.717, 1.165) is 25.0 Å². The summed E-state index contributed by atoms with van der Waals surface area (Å²) in [6.07, 6.45) is 2.70. The van der Waals surface area contributed by atoms with Crippen molar-refractivity contribution in [1.82, 2.24) is 14.4 Å². The third kappa shape index (κ3) is 2.18. The van der Waals surface area contributed by atoms with Crippen LogP contribution in [0.5, 0.6) is 0 Å². The number of hydrogen-bond donors (Lipinski definition) is 0. The minimum Gasteiger partial charge on any atom is -0.343 e. The minimum atomic E-state index is -0.129. The number of benzene rings is 1. The zero-order valence-electron chi connectivity index (χ0n) is 13.6. The summed E-state index contributed by atoms with van der Waals surface area (Å²) in [6, 6.07) is 6.13. The standard InChI is InChI=1S/C18H21N3O2/c1-12-10-13-4-3-5-14-16(13)21(12)11-15(17(14)22)18(23)20-8-6-19(2)7-9-20/h3-5,11-12H,6-10H2,1-2H3/t12-/m0/s1. The van der Waals surface area contributed by atoms with Gasteiger partial charge < -0.3 is 14.4 Å². The Kier molecular flexibility index (Phi) is 3.27. The number of carbonyl (C=O) groups excluding carboxylic acids is 1. The molecule has 5 nitrogen and oxygen atoms in total. The highest BCUT2D eigenvalue weighted by atomic mass is 16.2. The van der Waals surface area contributed by atoms with Crippen LogP contribution in [0.15, 0.2) is 29.2 Å². The summed E-state index contributed by atoms with van der Waals surface area (Å²) >= 11 is 0. The Morgan fingerprint density at radius 2 is 1.91 bits per heavy atom. The van der Waals surface area contributed by atoms with Gasteiger partial charge in [0.05, 0.1) is 5.52 Å². The maximum Gasteiger partial charge on any atom is 0.259 e. The lowest BCUT2D eigenvalue weighted by molar-refractivity contribution is 0.0662. The van der Waals surface area contributed by atoms with Gasteiger partial charge in [-0.25, -0.2) is 0 Å². The van der Waals surface area contributed by atoms with E-state index in [2.05, 4.69) is 29.5 Å². The van der Waals surface area contributed by atoms with Crippen molar-refractivity contribution in [2.45, 2.75) is 19.4 Å². The number of piperazine rings is 1. The van der Waals surface area contributed by atoms with Crippen molar-refractivity contribution >= 4 is 16.8 Å². The fraction of sp³-hybridized carbons (Fsp3) is 0.444. The Bertz CT molecular complexity index is 847. The van der Waals surface area contributed by atoms with E-state index in [9.17, 15) is 9.59 Å². The average Bonchev–Trinajstić information content (AvgIpc) is 2.87. The summed E-state index contributed by atoms with van der Waals surface area (Å²) in [7, 11) is 2.05. The molecular weight excluding hydrogens is 290 g/mol. The first-order valence-corrected chi connectivity index (χ1v) is 8.21. The number of nitrogens with zero attached hydrogens (tertiary/aromatic N) is 3. The highest BCUT2D eigenvalue weighted by Crippen LogP contribution is 2.31. The number of pyridine rings is 1. The second-order valence-corrected chi connectivity index (χ2v) is 6.74. The van der Waals surface area contributed by atoms with Crippen LogP contribution in [0.2, 0.25) is 0 Å². The van der Waals surface area contributed by atoms with Gasteiger partial charge in [0, 0.05) is 43.8 Å². The van der Waals surface area contributed by atoms with Gasteiger partial charge in [-0.05, 0) is 32.0 Å². The Morgan fingerprint density at radius 1 is 1.17 bits per heavy atom. The molecular formula is C18H21N3O2. The molecule has 1 amide bonds. The summed E-state index contributed by atoms with van der Waals surface area (Å²) in [6.45, 7) is 5.21. The van der Waals surface area contributed by atoms with Crippen LogP contribution in [0.25, 0.3) is 10.9 Å². The third-order valence-corrected chi connectivity index (χ3v) is 5.15. The first-order chi connectivity index (χ1) is 11.1. The molecule has 23 heavy (non-hydrogen) atoms. The molecule has 0 radical (unpaired) electrons. The lowest BCUT2D eigenvalue weighted by Crippen LogP contribution is -2.48. The van der Waals surface area contributed by atoms with Crippen molar-refractivity contribution in [2.24, 2.45) is 0 Å². The summed E-state index contributed by atoms with van der Waals surface area (Å²) < 4.78 is 2.11. The molecule has 0 unspecified atom stereocenters. The summed E-state index contributed by atoms with van der Waals surface area (Å²) in [5, 5.41) is 0.673. The van der Waals surface area contributed by atoms with Gasteiger partial charge in [-0.3, -0.25) is 9.59 Å². The molecule has 0 spiro atoms. The van der Waals surface area contributed by atoms with E-state index in [1.807, 2.05) is 12.1 Å². The van der Waals surface area contributed by atoms with Crippen LogP contribution in [0.3, 0.4) is 0 Å². The van der Waals surface area contributed by atoms with Crippen molar-refractivity contribution in [3.8, 4) is 0 Å². The van der Waals surface area contributed by atoms with Gasteiger partial charge >= 0.3 is 0 Å². The van der Waals surface area contributed by atoms with Gasteiger partial charge in [-0.2, -0.15) is 0 Å². The van der Waals surface area contributed by atoms with E-state index < -0.39 is 0 Å². The summed E-state index contributed by atoms with van der Waals surface area (Å²) in [5.74, 6) is -0.127. The topological polar surface area (TPSA) is 45.6 Å². The number of rotatable bonds is 1. The zero-order valence-corrected chi connectivity index (χ0v) is 13.6. The van der Waals surface area contributed by atoms with Gasteiger partial charge in [0.25, 0.3) is 5.91 Å². The van der Waals surface area contributed by atoms with Gasteiger partial charge in [0.1, 0.15) is 5.56 Å². The van der Waals surface area contributed by atoms with E-state index in [0.29, 0.717) is 24.0 Å². The van der Waals surface area contributed by atoms with Gasteiger partial charge in [-0.1, -0.05) is 12.1 Å². The second-order valence-electron chi connectivity index (χ2n) is 6.74. The molecule has 0 saturated carbocycles. The maximum atomic E-state index is 12.9. The Balaban J connectivity index is 1.82. The van der Waals surface area contributed by atoms with Crippen LogP contribution < -0.4 is 5.43 Å². The second kappa shape index (κ2) is 5.20. The molecule has 0 N–H and O–H groups in total. The molecule has 1 atom stereocenters. The van der Waals surface area contributed by atoms with Crippen LogP contribution in [0.1, 0.15) is 28.9 Å². The fourth-order valence-electron chi connectivity index (χ4n) is 3.75. The van der Waals surface area contributed by atoms with E-state index in [4.69, 9.17) is 0 Å². The predicted octanol–water partition coefficient (Wildman–Crippen LogP) is 1.51. The SMILES string of the molecule is C[C@H]1Cc2cccc3c(=O)c(C(=O)N4CCN(C)CC4)cn1c23. The molecule has 4 rings (SSSR count).